The molecule has 0 saturated heterocycles. The first-order valence-electron chi connectivity index (χ1n) is 5.96. The number of aryl methyl sites for hydroxylation is 1. The highest BCUT2D eigenvalue weighted by Crippen LogP contribution is 2.24. The smallest absolute Gasteiger partial charge is 0.253 e. The average molecular weight is 263 g/mol. The van der Waals surface area contributed by atoms with Crippen molar-refractivity contribution in [3.8, 4) is 11.5 Å². The van der Waals surface area contributed by atoms with Gasteiger partial charge in [-0.25, -0.2) is 0 Å². The van der Waals surface area contributed by atoms with E-state index in [-0.39, 0.29) is 6.61 Å². The maximum Gasteiger partial charge on any atom is 0.253 e. The Hall–Kier alpha value is -2.08. The average Bonchev–Trinajstić information content (AvgIpc) is 2.83. The van der Waals surface area contributed by atoms with Gasteiger partial charge in [-0.15, -0.1) is 10.2 Å². The number of nitrogens with one attached hydrogen (secondary N) is 1. The maximum atomic E-state index is 5.70. The molecule has 1 N–H and O–H groups in total. The SMILES string of the molecule is CNCc1cc(OC)ccc1OCc1nnc(C)o1. The second kappa shape index (κ2) is 6.19. The van der Waals surface area contributed by atoms with E-state index in [1.807, 2.05) is 25.2 Å². The lowest BCUT2D eigenvalue weighted by Gasteiger charge is -2.11. The second-order valence-electron chi connectivity index (χ2n) is 4.01. The van der Waals surface area contributed by atoms with Crippen LogP contribution in [-0.4, -0.2) is 24.4 Å². The first kappa shape index (κ1) is 13.4. The Balaban J connectivity index is 2.10. The van der Waals surface area contributed by atoms with Crippen molar-refractivity contribution in [3.63, 3.8) is 0 Å². The van der Waals surface area contributed by atoms with Gasteiger partial charge >= 0.3 is 0 Å². The summed E-state index contributed by atoms with van der Waals surface area (Å²) in [7, 11) is 3.52. The minimum absolute atomic E-state index is 0.254. The first-order chi connectivity index (χ1) is 9.22. The molecule has 0 radical (unpaired) electrons. The summed E-state index contributed by atoms with van der Waals surface area (Å²) in [5.41, 5.74) is 1.01. The fourth-order valence-electron chi connectivity index (χ4n) is 1.69. The molecule has 0 unspecified atom stereocenters. The molecule has 1 aromatic heterocycles. The summed E-state index contributed by atoms with van der Waals surface area (Å²) in [6.45, 7) is 2.69. The Morgan fingerprint density at radius 1 is 1.32 bits per heavy atom. The zero-order valence-corrected chi connectivity index (χ0v) is 11.3. The normalized spacial score (nSPS) is 10.5. The van der Waals surface area contributed by atoms with Crippen LogP contribution >= 0.6 is 0 Å². The molecule has 0 atom stereocenters. The van der Waals surface area contributed by atoms with E-state index in [4.69, 9.17) is 13.9 Å². The van der Waals surface area contributed by atoms with Crippen LogP contribution in [0.3, 0.4) is 0 Å². The van der Waals surface area contributed by atoms with Crippen LogP contribution in [0.25, 0.3) is 0 Å². The second-order valence-corrected chi connectivity index (χ2v) is 4.01. The molecule has 0 aliphatic heterocycles. The number of rotatable bonds is 6. The third-order valence-corrected chi connectivity index (χ3v) is 2.55. The summed E-state index contributed by atoms with van der Waals surface area (Å²) in [5, 5.41) is 10.7. The molecule has 0 bridgehead atoms. The summed E-state index contributed by atoms with van der Waals surface area (Å²) >= 11 is 0. The summed E-state index contributed by atoms with van der Waals surface area (Å²) in [4.78, 5) is 0. The van der Waals surface area contributed by atoms with Gasteiger partial charge in [0.15, 0.2) is 6.61 Å². The molecule has 0 amide bonds. The van der Waals surface area contributed by atoms with Gasteiger partial charge in [0.25, 0.3) is 5.89 Å². The molecule has 0 aliphatic rings. The van der Waals surface area contributed by atoms with Crippen LogP contribution in [0.5, 0.6) is 11.5 Å². The molecule has 102 valence electrons. The minimum atomic E-state index is 0.254. The van der Waals surface area contributed by atoms with Crippen molar-refractivity contribution in [1.29, 1.82) is 0 Å². The molecule has 0 saturated carbocycles. The zero-order chi connectivity index (χ0) is 13.7. The van der Waals surface area contributed by atoms with Gasteiger partial charge in [0.2, 0.25) is 5.89 Å². The molecular formula is C13H17N3O3. The molecule has 2 rings (SSSR count). The summed E-state index contributed by atoms with van der Waals surface area (Å²) in [6, 6.07) is 5.66. The fourth-order valence-corrected chi connectivity index (χ4v) is 1.69. The number of hydrogen-bond acceptors (Lipinski definition) is 6. The number of methoxy groups -OCH3 is 1. The third kappa shape index (κ3) is 3.45. The fraction of sp³-hybridized carbons (Fsp3) is 0.385. The van der Waals surface area contributed by atoms with Crippen molar-refractivity contribution in [2.75, 3.05) is 14.2 Å². The minimum Gasteiger partial charge on any atom is -0.497 e. The molecule has 1 heterocycles. The topological polar surface area (TPSA) is 69.4 Å². The van der Waals surface area contributed by atoms with Gasteiger partial charge in [0.05, 0.1) is 7.11 Å². The van der Waals surface area contributed by atoms with Gasteiger partial charge < -0.3 is 19.2 Å². The van der Waals surface area contributed by atoms with E-state index in [0.717, 1.165) is 17.1 Å². The Kier molecular flexibility index (Phi) is 4.35. The van der Waals surface area contributed by atoms with Crippen LogP contribution in [0.2, 0.25) is 0 Å². The monoisotopic (exact) mass is 263 g/mol. The van der Waals surface area contributed by atoms with Crippen molar-refractivity contribution in [2.45, 2.75) is 20.1 Å². The van der Waals surface area contributed by atoms with Crippen LogP contribution in [-0.2, 0) is 13.2 Å². The highest BCUT2D eigenvalue weighted by molar-refractivity contribution is 5.40. The van der Waals surface area contributed by atoms with Crippen LogP contribution in [0.4, 0.5) is 0 Å². The molecule has 0 spiro atoms. The van der Waals surface area contributed by atoms with E-state index >= 15 is 0 Å². The molecule has 0 fully saturated rings. The van der Waals surface area contributed by atoms with Crippen molar-refractivity contribution < 1.29 is 13.9 Å². The standard InChI is InChI=1S/C13H17N3O3/c1-9-15-16-13(19-9)8-18-12-5-4-11(17-3)6-10(12)7-14-2/h4-6,14H,7-8H2,1-3H3. The zero-order valence-electron chi connectivity index (χ0n) is 11.3. The van der Waals surface area contributed by atoms with E-state index in [2.05, 4.69) is 15.5 Å². The Bertz CT molecular complexity index is 540. The lowest BCUT2D eigenvalue weighted by molar-refractivity contribution is 0.257. The summed E-state index contributed by atoms with van der Waals surface area (Å²) in [5.74, 6) is 2.56. The lowest BCUT2D eigenvalue weighted by atomic mass is 10.2. The van der Waals surface area contributed by atoms with Gasteiger partial charge in [0, 0.05) is 19.0 Å². The number of hydrogen-bond donors (Lipinski definition) is 1. The van der Waals surface area contributed by atoms with Crippen LogP contribution in [0.1, 0.15) is 17.3 Å². The van der Waals surface area contributed by atoms with Crippen molar-refractivity contribution in [2.24, 2.45) is 0 Å². The summed E-state index contributed by atoms with van der Waals surface area (Å²) in [6.07, 6.45) is 0. The van der Waals surface area contributed by atoms with Crippen LogP contribution < -0.4 is 14.8 Å². The predicted octanol–water partition coefficient (Wildman–Crippen LogP) is 1.69. The molecular weight excluding hydrogens is 246 g/mol. The van der Waals surface area contributed by atoms with Gasteiger partial charge in [-0.3, -0.25) is 0 Å². The Labute approximate surface area is 111 Å². The van der Waals surface area contributed by atoms with E-state index in [0.29, 0.717) is 18.3 Å². The van der Waals surface area contributed by atoms with Gasteiger partial charge in [-0.1, -0.05) is 0 Å². The van der Waals surface area contributed by atoms with Gasteiger partial charge in [0.1, 0.15) is 11.5 Å². The molecule has 0 aliphatic carbocycles. The van der Waals surface area contributed by atoms with Crippen molar-refractivity contribution in [1.82, 2.24) is 15.5 Å². The van der Waals surface area contributed by atoms with Gasteiger partial charge in [-0.05, 0) is 25.2 Å². The molecule has 2 aromatic rings. The van der Waals surface area contributed by atoms with Gasteiger partial charge in [-0.2, -0.15) is 0 Å². The number of benzene rings is 1. The largest absolute Gasteiger partial charge is 0.497 e. The maximum absolute atomic E-state index is 5.70. The number of ether oxygens (including phenoxy) is 2. The Morgan fingerprint density at radius 2 is 2.16 bits per heavy atom. The highest BCUT2D eigenvalue weighted by Gasteiger charge is 2.08. The first-order valence-corrected chi connectivity index (χ1v) is 5.96. The van der Waals surface area contributed by atoms with Crippen molar-refractivity contribution >= 4 is 0 Å². The number of nitrogens with zero attached hydrogens (tertiary/aromatic N) is 2. The van der Waals surface area contributed by atoms with Crippen molar-refractivity contribution in [3.05, 3.63) is 35.5 Å². The molecule has 6 heteroatoms. The molecule has 6 nitrogen and oxygen atoms in total. The van der Waals surface area contributed by atoms with E-state index < -0.39 is 0 Å². The summed E-state index contributed by atoms with van der Waals surface area (Å²) < 4.78 is 16.2. The molecule has 1 aromatic carbocycles. The number of aromatic nitrogens is 2. The van der Waals surface area contributed by atoms with E-state index in [9.17, 15) is 0 Å². The predicted molar refractivity (Wildman–Crippen MR) is 69.1 cm³/mol. The van der Waals surface area contributed by atoms with Crippen LogP contribution in [0, 0.1) is 6.92 Å². The third-order valence-electron chi connectivity index (χ3n) is 2.55. The quantitative estimate of drug-likeness (QED) is 0.855. The molecule has 19 heavy (non-hydrogen) atoms. The van der Waals surface area contributed by atoms with Crippen LogP contribution in [0.15, 0.2) is 22.6 Å². The van der Waals surface area contributed by atoms with E-state index in [1.165, 1.54) is 0 Å². The van der Waals surface area contributed by atoms with E-state index in [1.54, 1.807) is 14.0 Å². The highest BCUT2D eigenvalue weighted by atomic mass is 16.5. The lowest BCUT2D eigenvalue weighted by Crippen LogP contribution is -2.08. The Morgan fingerprint density at radius 3 is 2.79 bits per heavy atom.